The van der Waals surface area contributed by atoms with Crippen LogP contribution in [0.2, 0.25) is 0 Å². The Hall–Kier alpha value is 0.540. The molecule has 7 heteroatoms. The van der Waals surface area contributed by atoms with Crippen LogP contribution in [-0.2, 0) is 16.2 Å². The molecular formula is C10H21NaO5S. The van der Waals surface area contributed by atoms with Gasteiger partial charge in [-0.05, 0) is 6.42 Å². The monoisotopic (exact) mass is 276 g/mol. The summed E-state index contributed by atoms with van der Waals surface area (Å²) < 4.78 is 24.1. The SMILES string of the molecule is CCCCCCCCCC(=O)O.O=S([O-])O.[Na+]. The van der Waals surface area contributed by atoms with Crippen LogP contribution >= 0.6 is 0 Å². The average Bonchev–Trinajstić information content (AvgIpc) is 2.15. The van der Waals surface area contributed by atoms with Gasteiger partial charge in [0.05, 0.1) is 11.4 Å². The molecule has 5 nitrogen and oxygen atoms in total. The molecule has 0 saturated heterocycles. The summed E-state index contributed by atoms with van der Waals surface area (Å²) in [6.45, 7) is 2.20. The van der Waals surface area contributed by atoms with Crippen LogP contribution in [0, 0.1) is 0 Å². The van der Waals surface area contributed by atoms with E-state index in [1.807, 2.05) is 0 Å². The first kappa shape index (κ1) is 22.7. The molecule has 0 bridgehead atoms. The zero-order valence-electron chi connectivity index (χ0n) is 10.7. The number of unbranched alkanes of at least 4 members (excludes halogenated alkanes) is 6. The third kappa shape index (κ3) is 38.4. The minimum atomic E-state index is -2.86. The number of aliphatic carboxylic acids is 1. The van der Waals surface area contributed by atoms with Crippen molar-refractivity contribution < 1.29 is 52.8 Å². The van der Waals surface area contributed by atoms with Gasteiger partial charge in [-0.25, -0.2) is 4.21 Å². The van der Waals surface area contributed by atoms with E-state index in [4.69, 9.17) is 18.4 Å². The number of rotatable bonds is 8. The summed E-state index contributed by atoms with van der Waals surface area (Å²) in [7, 11) is 0. The van der Waals surface area contributed by atoms with Gasteiger partial charge in [0.2, 0.25) is 0 Å². The molecule has 2 N–H and O–H groups in total. The topological polar surface area (TPSA) is 97.7 Å². The number of carbonyl (C=O) groups is 1. The number of hydrogen-bond acceptors (Lipinski definition) is 3. The van der Waals surface area contributed by atoms with Crippen LogP contribution in [0.1, 0.15) is 58.3 Å². The first-order chi connectivity index (χ1) is 7.50. The number of carboxylic acid groups (broad SMARTS) is 1. The van der Waals surface area contributed by atoms with Gasteiger partial charge in [-0.3, -0.25) is 4.79 Å². The second-order valence-corrected chi connectivity index (χ2v) is 3.92. The van der Waals surface area contributed by atoms with E-state index in [1.165, 1.54) is 32.1 Å². The molecule has 0 fully saturated rings. The van der Waals surface area contributed by atoms with Gasteiger partial charge in [-0.15, -0.1) is 0 Å². The summed E-state index contributed by atoms with van der Waals surface area (Å²) in [4.78, 5) is 10.1. The molecule has 0 aliphatic rings. The Morgan fingerprint density at radius 3 is 1.82 bits per heavy atom. The van der Waals surface area contributed by atoms with Crippen LogP contribution in [0.3, 0.4) is 0 Å². The van der Waals surface area contributed by atoms with Crippen molar-refractivity contribution in [2.75, 3.05) is 0 Å². The predicted molar refractivity (Wildman–Crippen MR) is 61.8 cm³/mol. The summed E-state index contributed by atoms with van der Waals surface area (Å²) in [6.07, 6.45) is 8.64. The van der Waals surface area contributed by atoms with Crippen LogP contribution in [0.5, 0.6) is 0 Å². The van der Waals surface area contributed by atoms with Crippen molar-refractivity contribution in [2.45, 2.75) is 58.3 Å². The van der Waals surface area contributed by atoms with Crippen molar-refractivity contribution in [2.24, 2.45) is 0 Å². The first-order valence-electron chi connectivity index (χ1n) is 5.50. The number of hydrogen-bond donors (Lipinski definition) is 2. The van der Waals surface area contributed by atoms with E-state index >= 15 is 0 Å². The molecule has 0 amide bonds. The molecule has 0 aromatic carbocycles. The van der Waals surface area contributed by atoms with Crippen LogP contribution in [0.4, 0.5) is 0 Å². The summed E-state index contributed by atoms with van der Waals surface area (Å²) >= 11 is -2.86. The van der Waals surface area contributed by atoms with Gasteiger partial charge in [0.15, 0.2) is 0 Å². The quantitative estimate of drug-likeness (QED) is 0.355. The molecule has 98 valence electrons. The summed E-state index contributed by atoms with van der Waals surface area (Å²) in [5, 5.41) is 8.35. The second kappa shape index (κ2) is 18.9. The van der Waals surface area contributed by atoms with E-state index in [1.54, 1.807) is 0 Å². The van der Waals surface area contributed by atoms with E-state index in [-0.39, 0.29) is 29.6 Å². The fourth-order valence-corrected chi connectivity index (χ4v) is 1.23. The Bertz CT molecular complexity index is 186. The van der Waals surface area contributed by atoms with Gasteiger partial charge in [-0.2, -0.15) is 0 Å². The van der Waals surface area contributed by atoms with Crippen molar-refractivity contribution in [3.63, 3.8) is 0 Å². The van der Waals surface area contributed by atoms with Crippen molar-refractivity contribution in [1.82, 2.24) is 0 Å². The molecule has 0 radical (unpaired) electrons. The molecule has 17 heavy (non-hydrogen) atoms. The van der Waals surface area contributed by atoms with Gasteiger partial charge >= 0.3 is 35.5 Å². The normalized spacial score (nSPS) is 10.8. The molecule has 0 spiro atoms. The molecule has 0 saturated carbocycles. The van der Waals surface area contributed by atoms with Crippen LogP contribution < -0.4 is 29.6 Å². The molecule has 0 rings (SSSR count). The summed E-state index contributed by atoms with van der Waals surface area (Å²) in [6, 6.07) is 0. The molecule has 0 aliphatic carbocycles. The molecule has 1 atom stereocenters. The van der Waals surface area contributed by atoms with Gasteiger partial charge in [0, 0.05) is 6.42 Å². The van der Waals surface area contributed by atoms with E-state index < -0.39 is 17.3 Å². The summed E-state index contributed by atoms with van der Waals surface area (Å²) in [5.41, 5.74) is 0. The van der Waals surface area contributed by atoms with Crippen LogP contribution in [-0.4, -0.2) is 24.4 Å². The fourth-order valence-electron chi connectivity index (χ4n) is 1.23. The summed E-state index contributed by atoms with van der Waals surface area (Å²) in [5.74, 6) is -0.663. The Labute approximate surface area is 128 Å². The number of carboxylic acids is 1. The molecule has 0 aromatic rings. The maximum Gasteiger partial charge on any atom is 1.00 e. The Morgan fingerprint density at radius 2 is 1.47 bits per heavy atom. The smallest absolute Gasteiger partial charge is 0.750 e. The van der Waals surface area contributed by atoms with Crippen molar-refractivity contribution >= 4 is 17.3 Å². The molecule has 0 aromatic heterocycles. The van der Waals surface area contributed by atoms with Gasteiger partial charge in [-0.1, -0.05) is 45.4 Å². The van der Waals surface area contributed by atoms with Crippen LogP contribution in [0.25, 0.3) is 0 Å². The Balaban J connectivity index is -0.000000340. The molecular weight excluding hydrogens is 255 g/mol. The van der Waals surface area contributed by atoms with Gasteiger partial charge in [0.25, 0.3) is 0 Å². The fraction of sp³-hybridized carbons (Fsp3) is 0.900. The van der Waals surface area contributed by atoms with Crippen molar-refractivity contribution in [3.8, 4) is 0 Å². The zero-order chi connectivity index (χ0) is 12.8. The van der Waals surface area contributed by atoms with Gasteiger partial charge < -0.3 is 14.2 Å². The molecule has 0 heterocycles. The maximum absolute atomic E-state index is 10.1. The third-order valence-electron chi connectivity index (χ3n) is 1.99. The Kier molecular flexibility index (Phi) is 25.2. The van der Waals surface area contributed by atoms with E-state index in [0.29, 0.717) is 6.42 Å². The first-order valence-corrected chi connectivity index (χ1v) is 6.54. The molecule has 0 aliphatic heterocycles. The van der Waals surface area contributed by atoms with E-state index in [2.05, 4.69) is 6.92 Å². The third-order valence-corrected chi connectivity index (χ3v) is 1.99. The predicted octanol–water partition coefficient (Wildman–Crippen LogP) is -0.446. The zero-order valence-corrected chi connectivity index (χ0v) is 13.5. The van der Waals surface area contributed by atoms with Gasteiger partial charge in [0.1, 0.15) is 0 Å². The standard InChI is InChI=1S/C10H20O2.Na.H2O3S/c1-2-3-4-5-6-7-8-9-10(11)12;;1-4(2)3/h2-9H2,1H3,(H,11,12);;(H2,1,2,3)/q;+1;/p-1. The van der Waals surface area contributed by atoms with E-state index in [9.17, 15) is 4.79 Å². The molecule has 1 unspecified atom stereocenters. The largest absolute Gasteiger partial charge is 1.00 e. The minimum Gasteiger partial charge on any atom is -0.750 e. The average molecular weight is 276 g/mol. The minimum absolute atomic E-state index is 0. The Morgan fingerprint density at radius 1 is 1.12 bits per heavy atom. The van der Waals surface area contributed by atoms with Crippen molar-refractivity contribution in [3.05, 3.63) is 0 Å². The second-order valence-electron chi connectivity index (χ2n) is 3.48. The van der Waals surface area contributed by atoms with Crippen molar-refractivity contribution in [1.29, 1.82) is 0 Å². The maximum atomic E-state index is 10.1. The van der Waals surface area contributed by atoms with E-state index in [0.717, 1.165) is 12.8 Å². The van der Waals surface area contributed by atoms with Crippen LogP contribution in [0.15, 0.2) is 0 Å².